The third-order valence-electron chi connectivity index (χ3n) is 4.35. The lowest BCUT2D eigenvalue weighted by atomic mass is 10.3. The van der Waals surface area contributed by atoms with Crippen molar-refractivity contribution in [3.8, 4) is 5.88 Å². The van der Waals surface area contributed by atoms with Gasteiger partial charge in [0.05, 0.1) is 25.6 Å². The average Bonchev–Trinajstić information content (AvgIpc) is 3.16. The normalized spacial score (nSPS) is 15.1. The minimum atomic E-state index is -0.770. The number of H-pyrrole nitrogens is 1. The number of aromatic nitrogens is 6. The van der Waals surface area contributed by atoms with Gasteiger partial charge in [-0.1, -0.05) is 0 Å². The average molecular weight is 418 g/mol. The molecule has 12 heteroatoms. The summed E-state index contributed by atoms with van der Waals surface area (Å²) in [5.41, 5.74) is 0.839. The van der Waals surface area contributed by atoms with Crippen LogP contribution in [0.3, 0.4) is 0 Å². The summed E-state index contributed by atoms with van der Waals surface area (Å²) in [6.45, 7) is 5.34. The van der Waals surface area contributed by atoms with E-state index in [-0.39, 0.29) is 23.5 Å². The lowest BCUT2D eigenvalue weighted by Gasteiger charge is -2.28. The van der Waals surface area contributed by atoms with Gasteiger partial charge < -0.3 is 19.7 Å². The zero-order valence-corrected chi connectivity index (χ0v) is 16.4. The van der Waals surface area contributed by atoms with Crippen molar-refractivity contribution in [1.29, 1.82) is 0 Å². The first-order valence-electron chi connectivity index (χ1n) is 9.33. The molecule has 1 fully saturated rings. The molecule has 0 unspecified atom stereocenters. The molecule has 2 N–H and O–H groups in total. The van der Waals surface area contributed by atoms with Crippen LogP contribution in [-0.2, 0) is 4.74 Å². The molecule has 0 radical (unpaired) electrons. The van der Waals surface area contributed by atoms with E-state index in [1.807, 2.05) is 6.92 Å². The topological polar surface area (TPSA) is 114 Å². The Morgan fingerprint density at radius 2 is 1.93 bits per heavy atom. The van der Waals surface area contributed by atoms with Gasteiger partial charge in [0.2, 0.25) is 11.8 Å². The highest BCUT2D eigenvalue weighted by atomic mass is 19.1. The first-order valence-corrected chi connectivity index (χ1v) is 9.33. The molecule has 3 aromatic rings. The fourth-order valence-electron chi connectivity index (χ4n) is 2.88. The first-order chi connectivity index (χ1) is 14.5. The number of ether oxygens (including phenoxy) is 2. The van der Waals surface area contributed by atoms with Crippen LogP contribution in [0.1, 0.15) is 24.5 Å². The lowest BCUT2D eigenvalue weighted by molar-refractivity contribution is 0.121. The van der Waals surface area contributed by atoms with Crippen LogP contribution in [0.25, 0.3) is 0 Å². The fourth-order valence-corrected chi connectivity index (χ4v) is 2.88. The van der Waals surface area contributed by atoms with E-state index in [0.29, 0.717) is 32.1 Å². The van der Waals surface area contributed by atoms with Crippen molar-refractivity contribution in [2.45, 2.75) is 20.0 Å². The van der Waals surface area contributed by atoms with E-state index in [0.717, 1.165) is 18.1 Å². The minimum Gasteiger partial charge on any atom is -0.464 e. The molecule has 0 amide bonds. The lowest BCUT2D eigenvalue weighted by Crippen LogP contribution is -2.37. The second-order valence-corrected chi connectivity index (χ2v) is 6.67. The van der Waals surface area contributed by atoms with Crippen molar-refractivity contribution in [3.63, 3.8) is 0 Å². The number of hydrogen-bond donors (Lipinski definition) is 2. The summed E-state index contributed by atoms with van der Waals surface area (Å²) in [5, 5.41) is 9.83. The zero-order chi connectivity index (χ0) is 21.1. The summed E-state index contributed by atoms with van der Waals surface area (Å²) in [7, 11) is 0. The minimum absolute atomic E-state index is 0.0882. The molecule has 1 aliphatic rings. The molecular formula is C18H20F2N8O2. The van der Waals surface area contributed by atoms with Gasteiger partial charge in [0, 0.05) is 24.8 Å². The Balaban J connectivity index is 1.66. The van der Waals surface area contributed by atoms with Crippen molar-refractivity contribution in [3.05, 3.63) is 41.6 Å². The van der Waals surface area contributed by atoms with E-state index in [4.69, 9.17) is 9.47 Å². The number of hydrogen-bond acceptors (Lipinski definition) is 9. The van der Waals surface area contributed by atoms with E-state index in [9.17, 15) is 4.39 Å². The second-order valence-electron chi connectivity index (χ2n) is 6.67. The van der Waals surface area contributed by atoms with Gasteiger partial charge >= 0.3 is 0 Å². The van der Waals surface area contributed by atoms with Crippen LogP contribution < -0.4 is 15.0 Å². The number of halogens is 2. The molecule has 0 bridgehead atoms. The van der Waals surface area contributed by atoms with Crippen molar-refractivity contribution in [1.82, 2.24) is 30.1 Å². The second kappa shape index (κ2) is 8.53. The fraction of sp³-hybridized carbons (Fsp3) is 0.389. The molecular weight excluding hydrogens is 398 g/mol. The third-order valence-corrected chi connectivity index (χ3v) is 4.35. The van der Waals surface area contributed by atoms with Crippen LogP contribution in [0.5, 0.6) is 5.88 Å². The summed E-state index contributed by atoms with van der Waals surface area (Å²) in [4.78, 5) is 18.0. The Morgan fingerprint density at radius 1 is 1.20 bits per heavy atom. The Kier molecular flexibility index (Phi) is 5.65. The van der Waals surface area contributed by atoms with Crippen LogP contribution in [0.2, 0.25) is 0 Å². The van der Waals surface area contributed by atoms with Crippen molar-refractivity contribution >= 4 is 17.6 Å². The van der Waals surface area contributed by atoms with Gasteiger partial charge in [-0.15, -0.1) is 0 Å². The highest BCUT2D eigenvalue weighted by molar-refractivity contribution is 5.54. The summed E-state index contributed by atoms with van der Waals surface area (Å²) in [5.74, 6) is -0.685. The summed E-state index contributed by atoms with van der Waals surface area (Å²) < 4.78 is 39.3. The summed E-state index contributed by atoms with van der Waals surface area (Å²) >= 11 is 0. The number of morpholine rings is 1. The predicted octanol–water partition coefficient (Wildman–Crippen LogP) is 2.30. The maximum absolute atomic E-state index is 15.2. The van der Waals surface area contributed by atoms with Crippen molar-refractivity contribution in [2.75, 3.05) is 36.5 Å². The van der Waals surface area contributed by atoms with Crippen LogP contribution in [0.4, 0.5) is 26.4 Å². The Morgan fingerprint density at radius 3 is 2.60 bits per heavy atom. The molecule has 10 nitrogen and oxygen atoms in total. The van der Waals surface area contributed by atoms with E-state index in [2.05, 4.69) is 35.5 Å². The van der Waals surface area contributed by atoms with Gasteiger partial charge in [-0.05, 0) is 13.8 Å². The zero-order valence-electron chi connectivity index (χ0n) is 16.4. The SMILES string of the molecule is Cc1cc(Nc2nc(O[C@@H](C)c3ncc(F)cn3)c(F)c(N3CCOCC3)n2)n[nH]1. The van der Waals surface area contributed by atoms with Crippen molar-refractivity contribution in [2.24, 2.45) is 0 Å². The molecule has 0 aliphatic carbocycles. The van der Waals surface area contributed by atoms with E-state index in [1.165, 1.54) is 0 Å². The molecule has 3 aromatic heterocycles. The largest absolute Gasteiger partial charge is 0.464 e. The van der Waals surface area contributed by atoms with E-state index in [1.54, 1.807) is 17.9 Å². The maximum Gasteiger partial charge on any atom is 0.258 e. The van der Waals surface area contributed by atoms with Gasteiger partial charge in [0.15, 0.2) is 29.4 Å². The summed E-state index contributed by atoms with van der Waals surface area (Å²) in [6, 6.07) is 1.76. The highest BCUT2D eigenvalue weighted by Gasteiger charge is 2.25. The van der Waals surface area contributed by atoms with Crippen LogP contribution in [0.15, 0.2) is 18.5 Å². The van der Waals surface area contributed by atoms with Gasteiger partial charge in [-0.25, -0.2) is 14.4 Å². The van der Waals surface area contributed by atoms with E-state index >= 15 is 4.39 Å². The standard InChI is InChI=1S/C18H20F2N8O2/c1-10-7-13(27-26-10)23-18-24-16(28-3-5-29-6-4-28)14(20)17(25-18)30-11(2)15-21-8-12(19)9-22-15/h7-9,11H,3-6H2,1-2H3,(H2,23,24,25,26,27)/t11-/m0/s1. The Bertz CT molecular complexity index is 1010. The molecule has 0 aromatic carbocycles. The maximum atomic E-state index is 15.2. The highest BCUT2D eigenvalue weighted by Crippen LogP contribution is 2.30. The molecule has 1 atom stereocenters. The summed E-state index contributed by atoms with van der Waals surface area (Å²) in [6.07, 6.45) is 1.27. The first kappa shape index (κ1) is 19.9. The predicted molar refractivity (Wildman–Crippen MR) is 103 cm³/mol. The van der Waals surface area contributed by atoms with Crippen LogP contribution >= 0.6 is 0 Å². The number of aromatic amines is 1. The number of rotatable bonds is 6. The number of anilines is 3. The smallest absolute Gasteiger partial charge is 0.258 e. The molecule has 4 rings (SSSR count). The van der Waals surface area contributed by atoms with Gasteiger partial charge in [-0.3, -0.25) is 5.10 Å². The number of nitrogens with one attached hydrogen (secondary N) is 2. The number of aryl methyl sites for hydroxylation is 1. The molecule has 1 aliphatic heterocycles. The molecule has 0 saturated carbocycles. The van der Waals surface area contributed by atoms with Gasteiger partial charge in [0.25, 0.3) is 5.88 Å². The van der Waals surface area contributed by atoms with Crippen molar-refractivity contribution < 1.29 is 18.3 Å². The molecule has 4 heterocycles. The Hall–Kier alpha value is -3.41. The third kappa shape index (κ3) is 4.43. The molecule has 0 spiro atoms. The van der Waals surface area contributed by atoms with Gasteiger partial charge in [-0.2, -0.15) is 19.5 Å². The quantitative estimate of drug-likeness (QED) is 0.622. The molecule has 1 saturated heterocycles. The monoisotopic (exact) mass is 418 g/mol. The molecule has 30 heavy (non-hydrogen) atoms. The van der Waals surface area contributed by atoms with Gasteiger partial charge in [0.1, 0.15) is 0 Å². The molecule has 158 valence electrons. The number of nitrogens with zero attached hydrogens (tertiary/aromatic N) is 6. The van der Waals surface area contributed by atoms with E-state index < -0.39 is 17.7 Å². The van der Waals surface area contributed by atoms with Crippen LogP contribution in [-0.4, -0.2) is 56.4 Å². The van der Waals surface area contributed by atoms with Crippen LogP contribution in [0, 0.1) is 18.6 Å². The Labute approximate surface area is 170 Å².